The fraction of sp³-hybridized carbons (Fsp3) is 0.0556. The number of rotatable bonds is 5. The van der Waals surface area contributed by atoms with Gasteiger partial charge >= 0.3 is 310 Å². The molecule has 0 aliphatic rings. The molecular formula is C18H13ClFK9N6O3. The Kier molecular flexibility index (Phi) is 43.8. The first-order chi connectivity index (χ1) is 18.0. The molecule has 0 atom stereocenters. The van der Waals surface area contributed by atoms with Gasteiger partial charge in [0, 0.05) is 23.9 Å². The van der Waals surface area contributed by atoms with Crippen molar-refractivity contribution in [2.45, 2.75) is 0 Å². The van der Waals surface area contributed by atoms with Crippen molar-refractivity contribution >= 4 is 287 Å². The molecule has 4 rings (SSSR count). The second kappa shape index (κ2) is 32.6. The third-order valence-corrected chi connectivity index (χ3v) is 4.41. The third kappa shape index (κ3) is 18.1. The Hall–Kier alpha value is 10.9. The van der Waals surface area contributed by atoms with Crippen molar-refractivity contribution in [3.63, 3.8) is 0 Å². The van der Waals surface area contributed by atoms with Crippen molar-refractivity contribution in [3.8, 4) is 17.0 Å². The number of nitrogens with one attached hydrogen (secondary N) is 1. The van der Waals surface area contributed by atoms with Crippen LogP contribution < -0.4 is 61.4 Å². The number of anilines is 2. The molecule has 0 amide bonds. The molecule has 156 valence electrons. The predicted molar refractivity (Wildman–Crippen MR) is 151 cm³/mol. The van der Waals surface area contributed by atoms with E-state index in [1.807, 2.05) is 18.2 Å². The van der Waals surface area contributed by atoms with Gasteiger partial charge in [-0.15, -0.1) is 0 Å². The molecule has 0 radical (unpaired) electrons. The normalized spacial score (nSPS) is 9.13. The number of ether oxygens (including phenoxy) is 1. The number of benzene rings is 1. The number of nitro groups is 1. The van der Waals surface area contributed by atoms with Crippen LogP contribution in [0.1, 0.15) is 1.43 Å². The van der Waals surface area contributed by atoms with Crippen molar-refractivity contribution in [1.29, 1.82) is 0 Å². The zero-order valence-corrected chi connectivity index (χ0v) is 52.7. The molecule has 0 spiro atoms. The van der Waals surface area contributed by atoms with Gasteiger partial charge in [0.1, 0.15) is 5.75 Å². The van der Waals surface area contributed by atoms with Gasteiger partial charge in [0.15, 0.2) is 0 Å². The molecule has 38 heavy (non-hydrogen) atoms. The Balaban J connectivity index is -0.00000119. The van der Waals surface area contributed by atoms with Crippen LogP contribution in [0.2, 0.25) is 5.02 Å². The van der Waals surface area contributed by atoms with Crippen LogP contribution in [0.5, 0.6) is 5.75 Å². The molecule has 0 aliphatic heterocycles. The Labute approximate surface area is 451 Å². The summed E-state index contributed by atoms with van der Waals surface area (Å²) < 4.78 is 20.6. The quantitative estimate of drug-likeness (QED) is 0.147. The molecule has 4 aromatic rings. The number of nitrogens with zero attached hydrogens (tertiary/aromatic N) is 5. The summed E-state index contributed by atoms with van der Waals surface area (Å²) in [5, 5.41) is 18.4. The molecule has 20 heteroatoms. The average molecular weight is 768 g/mol. The molecular weight excluding hydrogens is 755 g/mol. The van der Waals surface area contributed by atoms with E-state index in [1.54, 1.807) is 16.9 Å². The molecule has 0 unspecified atom stereocenters. The van der Waals surface area contributed by atoms with E-state index in [1.165, 1.54) is 266 Å². The number of methoxy groups -OCH3 is 1. The zero-order chi connectivity index (χ0) is 28.5. The summed E-state index contributed by atoms with van der Waals surface area (Å²) in [6.45, 7) is 0. The fourth-order valence-electron chi connectivity index (χ4n) is 2.80. The second-order valence-electron chi connectivity index (χ2n) is 5.86. The van der Waals surface area contributed by atoms with Crippen LogP contribution in [-0.2, 0) is 0 Å². The van der Waals surface area contributed by atoms with Crippen molar-refractivity contribution in [2.24, 2.45) is 0 Å². The number of hydrogen-bond donors (Lipinski definition) is 1. The van der Waals surface area contributed by atoms with Gasteiger partial charge in [-0.2, -0.15) is 9.49 Å². The number of pyridine rings is 1. The Morgan fingerprint density at radius 1 is 1.11 bits per heavy atom. The third-order valence-electron chi connectivity index (χ3n) is 4.14. The van der Waals surface area contributed by atoms with E-state index < -0.39 is 16.4 Å². The number of aromatic nitrogens is 4. The maximum atomic E-state index is 13.9. The van der Waals surface area contributed by atoms with E-state index in [-0.39, 0.29) is 70.2 Å². The van der Waals surface area contributed by atoms with Crippen molar-refractivity contribution in [2.75, 3.05) is 12.4 Å². The first-order valence-corrected chi connectivity index (χ1v) is 76.6. The van der Waals surface area contributed by atoms with E-state index in [0.717, 1.165) is 17.6 Å². The van der Waals surface area contributed by atoms with Crippen LogP contribution in [0, 0.1) is 15.9 Å². The Bertz CT molecular complexity index is 1280. The number of nitro benzene ring substituents is 1. The molecule has 3 heterocycles. The Morgan fingerprint density at radius 3 is 2.32 bits per heavy atom. The van der Waals surface area contributed by atoms with Gasteiger partial charge in [0.2, 0.25) is 11.8 Å². The van der Waals surface area contributed by atoms with Gasteiger partial charge < -0.3 is 11.5 Å². The van der Waals surface area contributed by atoms with Crippen molar-refractivity contribution in [3.05, 3.63) is 69.9 Å². The van der Waals surface area contributed by atoms with E-state index >= 15 is 0 Å². The summed E-state index contributed by atoms with van der Waals surface area (Å²) in [7, 11) is 1.32. The summed E-state index contributed by atoms with van der Waals surface area (Å²) in [4.78, 5) is 18.7. The molecule has 0 aliphatic carbocycles. The molecule has 3 aromatic heterocycles. The summed E-state index contributed by atoms with van der Waals surface area (Å²) in [6, 6.07) is 7.49. The van der Waals surface area contributed by atoms with E-state index in [4.69, 9.17) is 16.3 Å². The van der Waals surface area contributed by atoms with Gasteiger partial charge in [0.25, 0.3) is 0 Å². The summed E-state index contributed by atoms with van der Waals surface area (Å²) in [6.07, 6.45) is 4.80. The van der Waals surface area contributed by atoms with Crippen LogP contribution in [0.3, 0.4) is 0 Å². The zero-order valence-electron chi connectivity index (χ0n) is 24.8. The minimum absolute atomic E-state index is 0. The van der Waals surface area contributed by atoms with Gasteiger partial charge in [-0.25, -0.2) is 14.5 Å². The molecule has 0 fully saturated rings. The molecule has 1 aromatic carbocycles. The summed E-state index contributed by atoms with van der Waals surface area (Å²) >= 11 is 16.3. The van der Waals surface area contributed by atoms with Crippen LogP contribution in [0.4, 0.5) is 21.7 Å². The summed E-state index contributed by atoms with van der Waals surface area (Å²) in [5.41, 5.74) is 1.31. The number of halogens is 2. The maximum absolute atomic E-state index is 13.9. The SMILES string of the molecule is COc1cc(F)c([N+](=O)[O-])cc1Nc1ncc(Cl)c(-c2cnn3ccccc23)n1.[H-].[K+].[K][K].[K][K].[K][K].[K][K]. The van der Waals surface area contributed by atoms with Gasteiger partial charge in [-0.3, -0.25) is 10.1 Å². The first kappa shape index (κ1) is 51.0. The van der Waals surface area contributed by atoms with Crippen molar-refractivity contribution in [1.82, 2.24) is 19.6 Å². The van der Waals surface area contributed by atoms with Gasteiger partial charge in [0.05, 0.1) is 46.3 Å². The van der Waals surface area contributed by atoms with Crippen LogP contribution in [0.15, 0.2) is 48.9 Å². The van der Waals surface area contributed by atoms with Crippen LogP contribution in [0.25, 0.3) is 16.8 Å². The van der Waals surface area contributed by atoms with E-state index in [9.17, 15) is 14.5 Å². The topological polar surface area (TPSA) is 107 Å². The van der Waals surface area contributed by atoms with E-state index in [2.05, 4.69) is 20.4 Å². The monoisotopic (exact) mass is 766 g/mol. The first-order valence-electron chi connectivity index (χ1n) is 12.2. The molecule has 0 bridgehead atoms. The van der Waals surface area contributed by atoms with E-state index in [0.29, 0.717) is 16.3 Å². The number of hydrogen-bond acceptors (Lipinski definition) is 7. The molecule has 9 nitrogen and oxygen atoms in total. The molecule has 0 saturated heterocycles. The van der Waals surface area contributed by atoms with Crippen LogP contribution in [-0.4, -0.2) is 284 Å². The van der Waals surface area contributed by atoms with Gasteiger partial charge in [-0.1, -0.05) is 17.7 Å². The minimum atomic E-state index is -1.01. The van der Waals surface area contributed by atoms with Crippen LogP contribution >= 0.6 is 11.6 Å². The predicted octanol–water partition coefficient (Wildman–Crippen LogP) is -1.69. The van der Waals surface area contributed by atoms with Crippen molar-refractivity contribution < 1.29 is 66.9 Å². The Morgan fingerprint density at radius 2 is 1.74 bits per heavy atom. The molecule has 0 saturated carbocycles. The fourth-order valence-corrected chi connectivity index (χ4v) is 3.00. The summed E-state index contributed by atoms with van der Waals surface area (Å²) in [5.74, 6) is -0.857. The molecule has 1 N–H and O–H groups in total. The second-order valence-corrected chi connectivity index (χ2v) is 6.27. The standard InChI is InChI=1S/C18H12ClFN6O3.9K.H/c1-29-16-6-12(20)15(26(27)28)7-13(16)23-18-21-9-11(19)17(24-18)10-8-22-25-5-3-2-4-14(10)25;;;;;;;;;;/h2-9H,1H3,(H,21,23,24);;;;;;;;;;/q;;;;;;;;;+1;-1. The number of fused-ring (bicyclic) bond motifs is 1. The van der Waals surface area contributed by atoms with Gasteiger partial charge in [-0.05, 0) is 12.1 Å². The average Bonchev–Trinajstić information content (AvgIpc) is 3.38.